The Labute approximate surface area is 128 Å². The second-order valence-corrected chi connectivity index (χ2v) is 5.30. The van der Waals surface area contributed by atoms with Crippen LogP contribution in [0.25, 0.3) is 0 Å². The highest BCUT2D eigenvalue weighted by Gasteiger charge is 2.28. The first-order valence-electron chi connectivity index (χ1n) is 6.87. The SMILES string of the molecule is CNC(=S)N1CCCN1C(=O)Cc1ccc2c(c1)OCO2. The molecule has 1 aromatic rings. The lowest BCUT2D eigenvalue weighted by Gasteiger charge is -2.29. The minimum Gasteiger partial charge on any atom is -0.454 e. The van der Waals surface area contributed by atoms with E-state index in [0.717, 1.165) is 24.3 Å². The van der Waals surface area contributed by atoms with Crippen LogP contribution in [0.15, 0.2) is 18.2 Å². The molecule has 1 saturated heterocycles. The molecule has 3 rings (SSSR count). The maximum atomic E-state index is 12.5. The third-order valence-electron chi connectivity index (χ3n) is 3.56. The van der Waals surface area contributed by atoms with Gasteiger partial charge in [0.1, 0.15) is 0 Å². The van der Waals surface area contributed by atoms with Crippen LogP contribution in [0.1, 0.15) is 12.0 Å². The fraction of sp³-hybridized carbons (Fsp3) is 0.429. The number of thiocarbonyl (C=S) groups is 1. The van der Waals surface area contributed by atoms with Crippen LogP contribution in [-0.4, -0.2) is 48.0 Å². The Morgan fingerprint density at radius 2 is 2.05 bits per heavy atom. The Kier molecular flexibility index (Phi) is 3.83. The predicted octanol–water partition coefficient (Wildman–Crippen LogP) is 0.911. The van der Waals surface area contributed by atoms with Crippen molar-refractivity contribution in [1.29, 1.82) is 0 Å². The molecule has 0 saturated carbocycles. The van der Waals surface area contributed by atoms with E-state index in [1.54, 1.807) is 12.1 Å². The van der Waals surface area contributed by atoms with Crippen LogP contribution in [0.4, 0.5) is 0 Å². The molecular formula is C14H17N3O3S. The van der Waals surface area contributed by atoms with E-state index in [9.17, 15) is 4.79 Å². The van der Waals surface area contributed by atoms with Crippen LogP contribution in [0.2, 0.25) is 0 Å². The molecule has 21 heavy (non-hydrogen) atoms. The van der Waals surface area contributed by atoms with Gasteiger partial charge in [-0.15, -0.1) is 0 Å². The van der Waals surface area contributed by atoms with Gasteiger partial charge in [0.25, 0.3) is 0 Å². The standard InChI is InChI=1S/C14H17N3O3S/c1-15-14(21)17-6-2-5-16(17)13(18)8-10-3-4-11-12(7-10)20-9-19-11/h3-4,7H,2,5-6,8-9H2,1H3,(H,15,21). The molecule has 0 unspecified atom stereocenters. The molecule has 0 spiro atoms. The number of hydrazine groups is 1. The largest absolute Gasteiger partial charge is 0.454 e. The van der Waals surface area contributed by atoms with Gasteiger partial charge in [-0.05, 0) is 36.3 Å². The van der Waals surface area contributed by atoms with Crippen molar-refractivity contribution in [2.24, 2.45) is 0 Å². The van der Waals surface area contributed by atoms with Gasteiger partial charge in [-0.2, -0.15) is 0 Å². The topological polar surface area (TPSA) is 54.0 Å². The Morgan fingerprint density at radius 1 is 1.29 bits per heavy atom. The number of fused-ring (bicyclic) bond motifs is 1. The maximum Gasteiger partial charge on any atom is 0.245 e. The summed E-state index contributed by atoms with van der Waals surface area (Å²) in [6.45, 7) is 1.71. The molecule has 2 aliphatic heterocycles. The number of nitrogens with one attached hydrogen (secondary N) is 1. The lowest BCUT2D eigenvalue weighted by Crippen LogP contribution is -2.48. The molecule has 0 aromatic heterocycles. The monoisotopic (exact) mass is 307 g/mol. The molecule has 0 atom stereocenters. The second-order valence-electron chi connectivity index (χ2n) is 4.91. The van der Waals surface area contributed by atoms with Crippen molar-refractivity contribution in [3.05, 3.63) is 23.8 Å². The van der Waals surface area contributed by atoms with Gasteiger partial charge >= 0.3 is 0 Å². The maximum absolute atomic E-state index is 12.5. The van der Waals surface area contributed by atoms with Crippen molar-refractivity contribution in [3.63, 3.8) is 0 Å². The molecule has 6 nitrogen and oxygen atoms in total. The average molecular weight is 307 g/mol. The van der Waals surface area contributed by atoms with E-state index >= 15 is 0 Å². The van der Waals surface area contributed by atoms with Crippen LogP contribution >= 0.6 is 12.2 Å². The summed E-state index contributed by atoms with van der Waals surface area (Å²) in [7, 11) is 1.77. The van der Waals surface area contributed by atoms with Crippen molar-refractivity contribution in [3.8, 4) is 11.5 Å². The van der Waals surface area contributed by atoms with Gasteiger partial charge in [0.05, 0.1) is 6.42 Å². The van der Waals surface area contributed by atoms with E-state index < -0.39 is 0 Å². The average Bonchev–Trinajstić information content (AvgIpc) is 3.14. The summed E-state index contributed by atoms with van der Waals surface area (Å²) < 4.78 is 10.6. The van der Waals surface area contributed by atoms with E-state index in [1.807, 2.05) is 23.2 Å². The Hall–Kier alpha value is -2.02. The molecule has 112 valence electrons. The van der Waals surface area contributed by atoms with Gasteiger partial charge in [0, 0.05) is 20.1 Å². The molecular weight excluding hydrogens is 290 g/mol. The number of nitrogens with zero attached hydrogens (tertiary/aromatic N) is 2. The van der Waals surface area contributed by atoms with Gasteiger partial charge < -0.3 is 14.8 Å². The molecule has 1 aromatic carbocycles. The molecule has 0 radical (unpaired) electrons. The molecule has 1 N–H and O–H groups in total. The quantitative estimate of drug-likeness (QED) is 0.820. The number of amides is 1. The van der Waals surface area contributed by atoms with Crippen LogP contribution in [0, 0.1) is 0 Å². The number of carbonyl (C=O) groups is 1. The summed E-state index contributed by atoms with van der Waals surface area (Å²) in [6, 6.07) is 5.59. The van der Waals surface area contributed by atoms with Crippen LogP contribution in [0.3, 0.4) is 0 Å². The number of carbonyl (C=O) groups excluding carboxylic acids is 1. The minimum atomic E-state index is 0.0314. The zero-order valence-corrected chi connectivity index (χ0v) is 12.6. The summed E-state index contributed by atoms with van der Waals surface area (Å²) in [5, 5.41) is 7.03. The minimum absolute atomic E-state index is 0.0314. The normalized spacial score (nSPS) is 16.2. The summed E-state index contributed by atoms with van der Waals surface area (Å²) in [6.07, 6.45) is 1.24. The Morgan fingerprint density at radius 3 is 2.86 bits per heavy atom. The highest BCUT2D eigenvalue weighted by atomic mass is 32.1. The Balaban J connectivity index is 1.70. The van der Waals surface area contributed by atoms with Crippen LogP contribution in [0.5, 0.6) is 11.5 Å². The smallest absolute Gasteiger partial charge is 0.245 e. The molecule has 0 bridgehead atoms. The van der Waals surface area contributed by atoms with Gasteiger partial charge in [0.15, 0.2) is 16.6 Å². The third kappa shape index (κ3) is 2.73. The highest BCUT2D eigenvalue weighted by molar-refractivity contribution is 7.80. The van der Waals surface area contributed by atoms with Crippen molar-refractivity contribution in [2.75, 3.05) is 26.9 Å². The van der Waals surface area contributed by atoms with Crippen LogP contribution in [-0.2, 0) is 11.2 Å². The zero-order valence-electron chi connectivity index (χ0n) is 11.8. The third-order valence-corrected chi connectivity index (χ3v) is 3.97. The van der Waals surface area contributed by atoms with Crippen LogP contribution < -0.4 is 14.8 Å². The van der Waals surface area contributed by atoms with E-state index in [1.165, 1.54) is 0 Å². The molecule has 2 aliphatic rings. The van der Waals surface area contributed by atoms with Crippen molar-refractivity contribution in [2.45, 2.75) is 12.8 Å². The second kappa shape index (κ2) is 5.77. The van der Waals surface area contributed by atoms with Crippen molar-refractivity contribution < 1.29 is 14.3 Å². The lowest BCUT2D eigenvalue weighted by molar-refractivity contribution is -0.138. The summed E-state index contributed by atoms with van der Waals surface area (Å²) in [5.74, 6) is 1.46. The molecule has 1 fully saturated rings. The van der Waals surface area contributed by atoms with Gasteiger partial charge in [0.2, 0.25) is 12.7 Å². The molecule has 2 heterocycles. The summed E-state index contributed by atoms with van der Waals surface area (Å²) in [4.78, 5) is 12.5. The predicted molar refractivity (Wildman–Crippen MR) is 81.0 cm³/mol. The fourth-order valence-corrected chi connectivity index (χ4v) is 2.72. The van der Waals surface area contributed by atoms with E-state index in [2.05, 4.69) is 5.32 Å². The summed E-state index contributed by atoms with van der Waals surface area (Å²) >= 11 is 5.23. The van der Waals surface area contributed by atoms with E-state index in [4.69, 9.17) is 21.7 Å². The first-order chi connectivity index (χ1) is 10.2. The first kappa shape index (κ1) is 13.9. The number of benzene rings is 1. The van der Waals surface area contributed by atoms with E-state index in [0.29, 0.717) is 23.8 Å². The van der Waals surface area contributed by atoms with Crippen molar-refractivity contribution in [1.82, 2.24) is 15.3 Å². The number of hydrogen-bond donors (Lipinski definition) is 1. The first-order valence-corrected chi connectivity index (χ1v) is 7.28. The molecule has 1 amide bonds. The lowest BCUT2D eigenvalue weighted by atomic mass is 10.1. The van der Waals surface area contributed by atoms with Gasteiger partial charge in [-0.3, -0.25) is 14.8 Å². The molecule has 0 aliphatic carbocycles. The molecule has 7 heteroatoms. The zero-order chi connectivity index (χ0) is 14.8. The van der Waals surface area contributed by atoms with Gasteiger partial charge in [-0.25, -0.2) is 0 Å². The van der Waals surface area contributed by atoms with Crippen molar-refractivity contribution >= 4 is 23.2 Å². The summed E-state index contributed by atoms with van der Waals surface area (Å²) in [5.41, 5.74) is 0.909. The fourth-order valence-electron chi connectivity index (χ4n) is 2.53. The Bertz CT molecular complexity index is 579. The number of rotatable bonds is 2. The van der Waals surface area contributed by atoms with Gasteiger partial charge in [-0.1, -0.05) is 6.07 Å². The number of ether oxygens (including phenoxy) is 2. The number of hydrogen-bond acceptors (Lipinski definition) is 4. The highest BCUT2D eigenvalue weighted by Crippen LogP contribution is 2.32. The van der Waals surface area contributed by atoms with E-state index in [-0.39, 0.29) is 12.7 Å².